The predicted molar refractivity (Wildman–Crippen MR) is 109 cm³/mol. The van der Waals surface area contributed by atoms with Gasteiger partial charge in [0.25, 0.3) is 5.56 Å². The first-order chi connectivity index (χ1) is 21.1. The van der Waals surface area contributed by atoms with Gasteiger partial charge in [-0.05, 0) is 0 Å². The van der Waals surface area contributed by atoms with Crippen LogP contribution in [0, 0.1) is 0 Å². The van der Waals surface area contributed by atoms with Gasteiger partial charge in [0.15, 0.2) is 12.4 Å². The number of hydrogen-bond acceptors (Lipinski definition) is 6. The Kier molecular flexibility index (Phi) is 10.5. The number of aliphatic hydroxyl groups excluding tert-OH is 2. The van der Waals surface area contributed by atoms with Crippen molar-refractivity contribution in [3.63, 3.8) is 0 Å². The SMILES string of the molecule is O=c1ccn([C@@H]2O[C@H](CO)C(O)[C@@H]2OCC(F)C(F)(F)C(F)(F)C(F)(F)C(F)(F)C(F)(F)C(F)(F)C(F)(F)C(F)(F)C(F)(F)F)c(=O)[nH]1. The van der Waals surface area contributed by atoms with Crippen molar-refractivity contribution in [3.8, 4) is 0 Å². The Hall–Kier alpha value is -2.88. The highest BCUT2D eigenvalue weighted by Gasteiger charge is 2.97. The number of aromatic nitrogens is 2. The number of H-pyrrole nitrogens is 1. The van der Waals surface area contributed by atoms with Crippen LogP contribution in [0.5, 0.6) is 0 Å². The van der Waals surface area contributed by atoms with E-state index in [4.69, 9.17) is 4.74 Å². The van der Waals surface area contributed by atoms with E-state index in [9.17, 15) is 108 Å². The molecule has 0 spiro atoms. The second-order valence-electron chi connectivity index (χ2n) is 9.66. The van der Waals surface area contributed by atoms with E-state index in [0.29, 0.717) is 12.3 Å². The molecule has 28 heteroatoms. The summed E-state index contributed by atoms with van der Waals surface area (Å²) in [5, 5.41) is 19.2. The van der Waals surface area contributed by atoms with Crippen LogP contribution >= 0.6 is 0 Å². The third kappa shape index (κ3) is 5.77. The van der Waals surface area contributed by atoms with Crippen LogP contribution < -0.4 is 11.2 Å². The van der Waals surface area contributed by atoms with Crippen LogP contribution in [0.3, 0.4) is 0 Å². The van der Waals surface area contributed by atoms with E-state index in [0.717, 1.165) is 0 Å². The maximum absolute atomic E-state index is 14.3. The second kappa shape index (κ2) is 12.2. The normalized spacial score (nSPS) is 23.5. The third-order valence-electron chi connectivity index (χ3n) is 6.59. The first-order valence-corrected chi connectivity index (χ1v) is 11.8. The molecule has 0 amide bonds. The Labute approximate surface area is 248 Å². The molecule has 1 aliphatic rings. The first kappa shape index (κ1) is 41.3. The summed E-state index contributed by atoms with van der Waals surface area (Å²) in [5.41, 5.74) is -2.63. The Bertz CT molecular complexity index is 1430. The van der Waals surface area contributed by atoms with Crippen molar-refractivity contribution < 1.29 is 107 Å². The van der Waals surface area contributed by atoms with Crippen molar-refractivity contribution in [2.45, 2.75) is 84.3 Å². The predicted octanol–water partition coefficient (Wildman–Crippen LogP) is 4.16. The lowest BCUT2D eigenvalue weighted by Gasteiger charge is -2.44. The summed E-state index contributed by atoms with van der Waals surface area (Å²) >= 11 is 0. The van der Waals surface area contributed by atoms with Crippen molar-refractivity contribution in [2.75, 3.05) is 13.2 Å². The van der Waals surface area contributed by atoms with Crippen molar-refractivity contribution in [1.29, 1.82) is 0 Å². The molecule has 1 saturated heterocycles. The molecule has 5 atom stereocenters. The fourth-order valence-corrected chi connectivity index (χ4v) is 3.77. The van der Waals surface area contributed by atoms with Crippen molar-refractivity contribution in [1.82, 2.24) is 9.55 Å². The standard InChI is InChI=1S/C20H14F20N2O6/c21-6(4-47-9-8(45)5(3-43)48-10(9)42-2-1-7(44)41-11(42)46)12(22,23)13(24,25)14(26,27)15(28,29)16(30,31)17(32,33)18(34,35)19(36,37)20(38,39)40/h1-2,5-6,8-10,43,45H,3-4H2,(H,41,44,46)/t5-,6?,8?,9+,10-/m1/s1. The number of alkyl halides is 20. The van der Waals surface area contributed by atoms with Crippen LogP contribution in [-0.4, -0.2) is 111 Å². The molecule has 8 nitrogen and oxygen atoms in total. The van der Waals surface area contributed by atoms with Gasteiger partial charge in [0.1, 0.15) is 18.3 Å². The minimum absolute atomic E-state index is 0.194. The van der Waals surface area contributed by atoms with E-state index in [-0.39, 0.29) is 4.57 Å². The van der Waals surface area contributed by atoms with Gasteiger partial charge in [0.2, 0.25) is 0 Å². The molecule has 1 aromatic rings. The largest absolute Gasteiger partial charge is 0.460 e. The highest BCUT2D eigenvalue weighted by atomic mass is 19.4. The number of nitrogens with zero attached hydrogens (tertiary/aromatic N) is 1. The summed E-state index contributed by atoms with van der Waals surface area (Å²) in [6, 6.07) is 0.523. The molecule has 2 rings (SSSR count). The van der Waals surface area contributed by atoms with Gasteiger partial charge >= 0.3 is 59.2 Å². The van der Waals surface area contributed by atoms with E-state index < -0.39 is 109 Å². The lowest BCUT2D eigenvalue weighted by molar-refractivity contribution is -0.470. The molecular formula is C20H14F20N2O6. The van der Waals surface area contributed by atoms with Gasteiger partial charge in [0.05, 0.1) is 13.2 Å². The molecule has 0 saturated carbocycles. The Morgan fingerprint density at radius 2 is 1.17 bits per heavy atom. The maximum Gasteiger partial charge on any atom is 0.460 e. The van der Waals surface area contributed by atoms with Crippen molar-refractivity contribution >= 4 is 0 Å². The average molecular weight is 758 g/mol. The summed E-state index contributed by atoms with van der Waals surface area (Å²) in [6.45, 7) is -4.12. The third-order valence-corrected chi connectivity index (χ3v) is 6.59. The van der Waals surface area contributed by atoms with E-state index in [1.54, 1.807) is 0 Å². The number of aromatic amines is 1. The molecule has 0 aromatic carbocycles. The molecule has 0 radical (unpaired) electrons. The molecule has 3 N–H and O–H groups in total. The average Bonchev–Trinajstić information content (AvgIpc) is 3.24. The molecule has 48 heavy (non-hydrogen) atoms. The molecular weight excluding hydrogens is 744 g/mol. The summed E-state index contributed by atoms with van der Waals surface area (Å²) in [6.07, 6.45) is -21.9. The number of aliphatic hydroxyl groups is 2. The van der Waals surface area contributed by atoms with E-state index in [1.165, 1.54) is 4.98 Å². The fourth-order valence-electron chi connectivity index (χ4n) is 3.77. The van der Waals surface area contributed by atoms with E-state index in [2.05, 4.69) is 4.74 Å². The topological polar surface area (TPSA) is 114 Å². The molecule has 0 aliphatic carbocycles. The zero-order valence-corrected chi connectivity index (χ0v) is 22.0. The maximum atomic E-state index is 14.3. The van der Waals surface area contributed by atoms with Gasteiger partial charge in [-0.2, -0.15) is 83.4 Å². The van der Waals surface area contributed by atoms with Gasteiger partial charge in [-0.15, -0.1) is 0 Å². The van der Waals surface area contributed by atoms with Crippen LogP contribution in [0.1, 0.15) is 6.23 Å². The number of ether oxygens (including phenoxy) is 2. The lowest BCUT2D eigenvalue weighted by Crippen LogP contribution is -2.76. The van der Waals surface area contributed by atoms with Crippen LogP contribution in [0.2, 0.25) is 0 Å². The number of nitrogens with one attached hydrogen (secondary N) is 1. The Morgan fingerprint density at radius 3 is 1.56 bits per heavy atom. The highest BCUT2D eigenvalue weighted by Crippen LogP contribution is 2.65. The summed E-state index contributed by atoms with van der Waals surface area (Å²) in [4.78, 5) is 24.7. The minimum Gasteiger partial charge on any atom is -0.394 e. The smallest absolute Gasteiger partial charge is 0.394 e. The van der Waals surface area contributed by atoms with E-state index in [1.807, 2.05) is 0 Å². The van der Waals surface area contributed by atoms with Crippen LogP contribution in [0.15, 0.2) is 21.9 Å². The summed E-state index contributed by atoms with van der Waals surface area (Å²) < 4.78 is 280. The van der Waals surface area contributed by atoms with E-state index >= 15 is 0 Å². The number of hydrogen-bond donors (Lipinski definition) is 3. The van der Waals surface area contributed by atoms with Gasteiger partial charge < -0.3 is 19.7 Å². The van der Waals surface area contributed by atoms with Crippen LogP contribution in [0.4, 0.5) is 87.8 Å². The molecule has 2 unspecified atom stereocenters. The number of halogens is 20. The molecule has 1 aromatic heterocycles. The second-order valence-corrected chi connectivity index (χ2v) is 9.66. The minimum atomic E-state index is -9.19. The molecule has 2 heterocycles. The monoisotopic (exact) mass is 758 g/mol. The highest BCUT2D eigenvalue weighted by molar-refractivity contribution is 5.17. The Balaban J connectivity index is 2.49. The van der Waals surface area contributed by atoms with Crippen LogP contribution in [-0.2, 0) is 9.47 Å². The molecule has 280 valence electrons. The quantitative estimate of drug-likeness (QED) is 0.261. The molecule has 0 bridgehead atoms. The zero-order chi connectivity index (χ0) is 38.1. The molecule has 1 aliphatic heterocycles. The summed E-state index contributed by atoms with van der Waals surface area (Å²) in [5.74, 6) is -69.8. The fraction of sp³-hybridized carbons (Fsp3) is 0.800. The van der Waals surface area contributed by atoms with Gasteiger partial charge in [-0.3, -0.25) is 14.3 Å². The molecule has 1 fully saturated rings. The number of rotatable bonds is 13. The van der Waals surface area contributed by atoms with Crippen molar-refractivity contribution in [2.24, 2.45) is 0 Å². The lowest BCUT2D eigenvalue weighted by atomic mass is 9.86. The van der Waals surface area contributed by atoms with Gasteiger partial charge in [0, 0.05) is 12.3 Å². The van der Waals surface area contributed by atoms with Crippen LogP contribution in [0.25, 0.3) is 0 Å². The summed E-state index contributed by atoms with van der Waals surface area (Å²) in [7, 11) is 0. The first-order valence-electron chi connectivity index (χ1n) is 11.8. The Morgan fingerprint density at radius 1 is 0.750 bits per heavy atom. The van der Waals surface area contributed by atoms with Crippen molar-refractivity contribution in [3.05, 3.63) is 33.1 Å². The van der Waals surface area contributed by atoms with Gasteiger partial charge in [-0.25, -0.2) is 9.18 Å². The van der Waals surface area contributed by atoms with Gasteiger partial charge in [-0.1, -0.05) is 0 Å². The zero-order valence-electron chi connectivity index (χ0n) is 22.0.